The molecule has 2 rings (SSSR count). The number of hydrogen-bond acceptors (Lipinski definition) is 5. The van der Waals surface area contributed by atoms with Gasteiger partial charge in [-0.1, -0.05) is 18.7 Å². The highest BCUT2D eigenvalue weighted by Crippen LogP contribution is 2.27. The lowest BCUT2D eigenvalue weighted by Crippen LogP contribution is -1.99. The normalized spacial score (nSPS) is 10.9. The third kappa shape index (κ3) is 3.27. The summed E-state index contributed by atoms with van der Waals surface area (Å²) in [6.07, 6.45) is 0.910. The number of aryl methyl sites for hydroxylation is 3. The van der Waals surface area contributed by atoms with Crippen LogP contribution in [0.3, 0.4) is 0 Å². The standard InChI is InChI=1S/C12H16BrN5S/c1-4-8-11(13)9(18(3)17-8)6-19-12-15-7(2)5-10(14)16-12/h5H,4,6H2,1-3H3,(H2,14,15,16). The smallest absolute Gasteiger partial charge is 0.190 e. The van der Waals surface area contributed by atoms with E-state index in [-0.39, 0.29) is 0 Å². The maximum Gasteiger partial charge on any atom is 0.190 e. The van der Waals surface area contributed by atoms with E-state index in [1.807, 2.05) is 18.7 Å². The average molecular weight is 342 g/mol. The molecule has 0 aromatic carbocycles. The van der Waals surface area contributed by atoms with Crippen molar-refractivity contribution in [3.05, 3.63) is 27.6 Å². The molecule has 0 unspecified atom stereocenters. The Hall–Kier alpha value is -1.08. The van der Waals surface area contributed by atoms with Gasteiger partial charge in [0.2, 0.25) is 0 Å². The topological polar surface area (TPSA) is 69.6 Å². The Bertz CT molecular complexity index is 576. The molecule has 0 aliphatic carbocycles. The second-order valence-corrected chi connectivity index (χ2v) is 5.93. The van der Waals surface area contributed by atoms with Gasteiger partial charge in [-0.15, -0.1) is 0 Å². The van der Waals surface area contributed by atoms with Gasteiger partial charge in [-0.3, -0.25) is 4.68 Å². The van der Waals surface area contributed by atoms with Gasteiger partial charge >= 0.3 is 0 Å². The zero-order valence-corrected chi connectivity index (χ0v) is 13.5. The van der Waals surface area contributed by atoms with Gasteiger partial charge in [0.15, 0.2) is 5.16 Å². The molecule has 0 spiro atoms. The van der Waals surface area contributed by atoms with Crippen molar-refractivity contribution in [2.24, 2.45) is 7.05 Å². The molecule has 0 saturated heterocycles. The van der Waals surface area contributed by atoms with Crippen molar-refractivity contribution in [1.29, 1.82) is 0 Å². The van der Waals surface area contributed by atoms with Crippen LogP contribution in [0, 0.1) is 6.92 Å². The second kappa shape index (κ2) is 5.92. The predicted octanol–water partition coefficient (Wildman–Crippen LogP) is 2.72. The predicted molar refractivity (Wildman–Crippen MR) is 81.0 cm³/mol. The minimum Gasteiger partial charge on any atom is -0.384 e. The van der Waals surface area contributed by atoms with E-state index < -0.39 is 0 Å². The van der Waals surface area contributed by atoms with Crippen molar-refractivity contribution in [2.75, 3.05) is 5.73 Å². The first-order chi connectivity index (χ1) is 9.01. The summed E-state index contributed by atoms with van der Waals surface area (Å²) in [5, 5.41) is 5.16. The Morgan fingerprint density at radius 2 is 2.16 bits per heavy atom. The molecule has 2 aromatic rings. The molecule has 0 bridgehead atoms. The summed E-state index contributed by atoms with van der Waals surface area (Å²) in [6.45, 7) is 4.01. The summed E-state index contributed by atoms with van der Waals surface area (Å²) in [7, 11) is 1.95. The first kappa shape index (κ1) is 14.3. The number of anilines is 1. The highest BCUT2D eigenvalue weighted by atomic mass is 79.9. The van der Waals surface area contributed by atoms with Crippen molar-refractivity contribution >= 4 is 33.5 Å². The third-order valence-electron chi connectivity index (χ3n) is 2.69. The lowest BCUT2D eigenvalue weighted by atomic mass is 10.3. The molecule has 102 valence electrons. The zero-order valence-electron chi connectivity index (χ0n) is 11.1. The number of nitrogen functional groups attached to an aromatic ring is 1. The number of rotatable bonds is 4. The molecule has 2 heterocycles. The van der Waals surface area contributed by atoms with E-state index in [0.717, 1.165) is 33.7 Å². The van der Waals surface area contributed by atoms with E-state index in [1.54, 1.807) is 17.8 Å². The molecule has 2 aromatic heterocycles. The molecule has 0 aliphatic rings. The summed E-state index contributed by atoms with van der Waals surface area (Å²) < 4.78 is 2.97. The number of thioether (sulfide) groups is 1. The molecule has 0 radical (unpaired) electrons. The van der Waals surface area contributed by atoms with E-state index in [9.17, 15) is 0 Å². The summed E-state index contributed by atoms with van der Waals surface area (Å²) in [5.41, 5.74) is 8.81. The van der Waals surface area contributed by atoms with Crippen LogP contribution in [0.1, 0.15) is 24.0 Å². The molecule has 0 aliphatic heterocycles. The van der Waals surface area contributed by atoms with Crippen molar-refractivity contribution in [3.8, 4) is 0 Å². The Balaban J connectivity index is 2.16. The van der Waals surface area contributed by atoms with Crippen molar-refractivity contribution in [3.63, 3.8) is 0 Å². The lowest BCUT2D eigenvalue weighted by molar-refractivity contribution is 0.719. The van der Waals surface area contributed by atoms with Crippen LogP contribution < -0.4 is 5.73 Å². The van der Waals surface area contributed by atoms with Crippen LogP contribution in [-0.4, -0.2) is 19.7 Å². The number of hydrogen-bond donors (Lipinski definition) is 1. The first-order valence-corrected chi connectivity index (χ1v) is 7.73. The molecule has 0 atom stereocenters. The fraction of sp³-hybridized carbons (Fsp3) is 0.417. The van der Waals surface area contributed by atoms with E-state index >= 15 is 0 Å². The van der Waals surface area contributed by atoms with Crippen LogP contribution >= 0.6 is 27.7 Å². The monoisotopic (exact) mass is 341 g/mol. The van der Waals surface area contributed by atoms with Gasteiger partial charge < -0.3 is 5.73 Å². The Labute approximate surface area is 125 Å². The molecule has 0 amide bonds. The van der Waals surface area contributed by atoms with Crippen LogP contribution in [0.25, 0.3) is 0 Å². The van der Waals surface area contributed by atoms with Crippen LogP contribution in [0.2, 0.25) is 0 Å². The minimum absolute atomic E-state index is 0.508. The van der Waals surface area contributed by atoms with Crippen molar-refractivity contribution in [1.82, 2.24) is 19.7 Å². The van der Waals surface area contributed by atoms with Crippen LogP contribution in [-0.2, 0) is 19.2 Å². The van der Waals surface area contributed by atoms with E-state index in [2.05, 4.69) is 37.9 Å². The zero-order chi connectivity index (χ0) is 14.0. The molecule has 19 heavy (non-hydrogen) atoms. The van der Waals surface area contributed by atoms with Gasteiger partial charge in [-0.2, -0.15) is 5.10 Å². The summed E-state index contributed by atoms with van der Waals surface area (Å²) in [6, 6.07) is 1.76. The van der Waals surface area contributed by atoms with Crippen LogP contribution in [0.15, 0.2) is 15.7 Å². The molecular weight excluding hydrogens is 326 g/mol. The van der Waals surface area contributed by atoms with Crippen molar-refractivity contribution < 1.29 is 0 Å². The molecular formula is C12H16BrN5S. The van der Waals surface area contributed by atoms with Gasteiger partial charge in [-0.25, -0.2) is 9.97 Å². The van der Waals surface area contributed by atoms with Gasteiger partial charge in [0.25, 0.3) is 0 Å². The summed E-state index contributed by atoms with van der Waals surface area (Å²) in [4.78, 5) is 8.58. The fourth-order valence-corrected chi connectivity index (χ4v) is 3.66. The van der Waals surface area contributed by atoms with E-state index in [1.165, 1.54) is 0 Å². The Kier molecular flexibility index (Phi) is 4.46. The van der Waals surface area contributed by atoms with E-state index in [4.69, 9.17) is 5.73 Å². The number of aromatic nitrogens is 4. The average Bonchev–Trinajstić information content (AvgIpc) is 2.61. The Morgan fingerprint density at radius 1 is 1.42 bits per heavy atom. The minimum atomic E-state index is 0.508. The molecule has 2 N–H and O–H groups in total. The fourth-order valence-electron chi connectivity index (χ4n) is 1.74. The van der Waals surface area contributed by atoms with Crippen LogP contribution in [0.5, 0.6) is 0 Å². The lowest BCUT2D eigenvalue weighted by Gasteiger charge is -2.04. The number of halogens is 1. The SMILES string of the molecule is CCc1nn(C)c(CSc2nc(C)cc(N)n2)c1Br. The maximum absolute atomic E-state index is 5.72. The second-order valence-electron chi connectivity index (χ2n) is 4.19. The summed E-state index contributed by atoms with van der Waals surface area (Å²) in [5.74, 6) is 1.26. The maximum atomic E-state index is 5.72. The quantitative estimate of drug-likeness (QED) is 0.683. The summed E-state index contributed by atoms with van der Waals surface area (Å²) >= 11 is 5.16. The largest absolute Gasteiger partial charge is 0.384 e. The molecule has 0 saturated carbocycles. The van der Waals surface area contributed by atoms with Gasteiger partial charge in [0.05, 0.1) is 15.9 Å². The highest BCUT2D eigenvalue weighted by molar-refractivity contribution is 9.10. The first-order valence-electron chi connectivity index (χ1n) is 5.95. The highest BCUT2D eigenvalue weighted by Gasteiger charge is 2.13. The van der Waals surface area contributed by atoms with Crippen molar-refractivity contribution in [2.45, 2.75) is 31.2 Å². The van der Waals surface area contributed by atoms with Gasteiger partial charge in [-0.05, 0) is 29.3 Å². The molecule has 5 nitrogen and oxygen atoms in total. The number of nitrogens with zero attached hydrogens (tertiary/aromatic N) is 4. The van der Waals surface area contributed by atoms with E-state index in [0.29, 0.717) is 11.0 Å². The number of nitrogens with two attached hydrogens (primary N) is 1. The molecule has 7 heteroatoms. The molecule has 0 fully saturated rings. The Morgan fingerprint density at radius 3 is 2.74 bits per heavy atom. The third-order valence-corrected chi connectivity index (χ3v) is 4.47. The van der Waals surface area contributed by atoms with Gasteiger partial charge in [0, 0.05) is 24.6 Å². The van der Waals surface area contributed by atoms with Crippen LogP contribution in [0.4, 0.5) is 5.82 Å². The van der Waals surface area contributed by atoms with Gasteiger partial charge in [0.1, 0.15) is 5.82 Å².